The second-order valence-electron chi connectivity index (χ2n) is 5.51. The van der Waals surface area contributed by atoms with Gasteiger partial charge in [0, 0.05) is 5.56 Å². The highest BCUT2D eigenvalue weighted by atomic mass is 35.5. The summed E-state index contributed by atoms with van der Waals surface area (Å²) in [5, 5.41) is 8.54. The van der Waals surface area contributed by atoms with E-state index in [9.17, 15) is 9.18 Å². The number of carbonyl (C=O) groups is 1. The summed E-state index contributed by atoms with van der Waals surface area (Å²) in [6, 6.07) is 10.5. The van der Waals surface area contributed by atoms with Crippen molar-refractivity contribution >= 4 is 29.2 Å². The van der Waals surface area contributed by atoms with Gasteiger partial charge in [0.2, 0.25) is 5.89 Å². The first-order valence-electron chi connectivity index (χ1n) is 7.65. The Balaban J connectivity index is 1.64. The van der Waals surface area contributed by atoms with Crippen LogP contribution in [-0.4, -0.2) is 16.2 Å². The SMILES string of the molecule is C[C@H](OC(=O)Cc1ccc(Cl)c(Cl)c1)c1nnc(-c2ccc(F)cc2)o1. The third-order valence-corrected chi connectivity index (χ3v) is 4.26. The van der Waals surface area contributed by atoms with E-state index in [1.165, 1.54) is 24.3 Å². The molecule has 0 saturated heterocycles. The zero-order valence-corrected chi connectivity index (χ0v) is 15.1. The van der Waals surface area contributed by atoms with Gasteiger partial charge in [-0.3, -0.25) is 4.79 Å². The van der Waals surface area contributed by atoms with E-state index in [0.29, 0.717) is 21.2 Å². The van der Waals surface area contributed by atoms with Crippen molar-refractivity contribution in [1.29, 1.82) is 0 Å². The molecule has 1 atom stereocenters. The topological polar surface area (TPSA) is 65.2 Å². The van der Waals surface area contributed by atoms with E-state index in [-0.39, 0.29) is 24.0 Å². The number of nitrogens with zero attached hydrogens (tertiary/aromatic N) is 2. The van der Waals surface area contributed by atoms with E-state index >= 15 is 0 Å². The molecule has 0 amide bonds. The van der Waals surface area contributed by atoms with Gasteiger partial charge < -0.3 is 9.15 Å². The molecule has 5 nitrogen and oxygen atoms in total. The van der Waals surface area contributed by atoms with Crippen LogP contribution in [0.2, 0.25) is 10.0 Å². The van der Waals surface area contributed by atoms with E-state index < -0.39 is 12.1 Å². The molecule has 0 spiro atoms. The molecule has 3 rings (SSSR count). The Hall–Kier alpha value is -2.44. The number of carbonyl (C=O) groups excluding carboxylic acids is 1. The molecule has 0 aliphatic heterocycles. The molecular weight excluding hydrogens is 382 g/mol. The van der Waals surface area contributed by atoms with Gasteiger partial charge >= 0.3 is 5.97 Å². The summed E-state index contributed by atoms with van der Waals surface area (Å²) in [4.78, 5) is 12.1. The van der Waals surface area contributed by atoms with Crippen LogP contribution < -0.4 is 0 Å². The number of benzene rings is 2. The van der Waals surface area contributed by atoms with Gasteiger partial charge in [0.15, 0.2) is 6.10 Å². The molecule has 0 bridgehead atoms. The smallest absolute Gasteiger partial charge is 0.311 e. The lowest BCUT2D eigenvalue weighted by Crippen LogP contribution is -2.11. The Kier molecular flexibility index (Phi) is 5.54. The molecule has 134 valence electrons. The molecule has 0 N–H and O–H groups in total. The Morgan fingerprint density at radius 2 is 1.88 bits per heavy atom. The molecular formula is C18H13Cl2FN2O3. The van der Waals surface area contributed by atoms with Gasteiger partial charge in [-0.05, 0) is 48.9 Å². The van der Waals surface area contributed by atoms with Crippen LogP contribution in [0.4, 0.5) is 4.39 Å². The number of hydrogen-bond donors (Lipinski definition) is 0. The van der Waals surface area contributed by atoms with Crippen LogP contribution in [0.1, 0.15) is 24.5 Å². The van der Waals surface area contributed by atoms with Crippen LogP contribution in [0.5, 0.6) is 0 Å². The van der Waals surface area contributed by atoms with Crippen molar-refractivity contribution < 1.29 is 18.3 Å². The van der Waals surface area contributed by atoms with Gasteiger partial charge in [-0.15, -0.1) is 10.2 Å². The summed E-state index contributed by atoms with van der Waals surface area (Å²) < 4.78 is 23.8. The molecule has 26 heavy (non-hydrogen) atoms. The van der Waals surface area contributed by atoms with Gasteiger partial charge in [-0.2, -0.15) is 0 Å². The van der Waals surface area contributed by atoms with Crippen LogP contribution in [0, 0.1) is 5.82 Å². The first-order chi connectivity index (χ1) is 12.4. The fraction of sp³-hybridized carbons (Fsp3) is 0.167. The maximum absolute atomic E-state index is 13.0. The third kappa shape index (κ3) is 4.39. The average Bonchev–Trinajstić information content (AvgIpc) is 3.09. The number of aromatic nitrogens is 2. The summed E-state index contributed by atoms with van der Waals surface area (Å²) in [5.41, 5.74) is 1.24. The normalized spacial score (nSPS) is 12.0. The van der Waals surface area contributed by atoms with Crippen molar-refractivity contribution in [2.75, 3.05) is 0 Å². The van der Waals surface area contributed by atoms with Crippen molar-refractivity contribution in [3.63, 3.8) is 0 Å². The Labute approximate surface area is 158 Å². The maximum atomic E-state index is 13.0. The monoisotopic (exact) mass is 394 g/mol. The molecule has 0 saturated carbocycles. The zero-order valence-electron chi connectivity index (χ0n) is 13.6. The first kappa shape index (κ1) is 18.4. The van der Waals surface area contributed by atoms with Crippen molar-refractivity contribution in [2.45, 2.75) is 19.4 Å². The molecule has 0 fully saturated rings. The summed E-state index contributed by atoms with van der Waals surface area (Å²) in [6.45, 7) is 1.62. The van der Waals surface area contributed by atoms with Crippen molar-refractivity contribution in [2.24, 2.45) is 0 Å². The molecule has 2 aromatic carbocycles. The lowest BCUT2D eigenvalue weighted by atomic mass is 10.1. The van der Waals surface area contributed by atoms with Crippen molar-refractivity contribution in [3.05, 3.63) is 69.8 Å². The molecule has 0 aliphatic carbocycles. The van der Waals surface area contributed by atoms with Gasteiger partial charge in [-0.1, -0.05) is 29.3 Å². The molecule has 8 heteroatoms. The fourth-order valence-electron chi connectivity index (χ4n) is 2.21. The van der Waals surface area contributed by atoms with Crippen LogP contribution in [-0.2, 0) is 16.0 Å². The van der Waals surface area contributed by atoms with Crippen molar-refractivity contribution in [1.82, 2.24) is 10.2 Å². The number of ether oxygens (including phenoxy) is 1. The zero-order chi connectivity index (χ0) is 18.7. The molecule has 3 aromatic rings. The summed E-state index contributed by atoms with van der Waals surface area (Å²) in [7, 11) is 0. The number of rotatable bonds is 5. The average molecular weight is 395 g/mol. The van der Waals surface area contributed by atoms with Crippen LogP contribution in [0.15, 0.2) is 46.9 Å². The minimum atomic E-state index is -0.730. The van der Waals surface area contributed by atoms with E-state index in [1.807, 2.05) is 0 Å². The van der Waals surface area contributed by atoms with E-state index in [1.54, 1.807) is 25.1 Å². The second kappa shape index (κ2) is 7.85. The summed E-state index contributed by atoms with van der Waals surface area (Å²) in [6.07, 6.45) is -0.702. The van der Waals surface area contributed by atoms with E-state index in [2.05, 4.69) is 10.2 Å². The minimum Gasteiger partial charge on any atom is -0.452 e. The Morgan fingerprint density at radius 1 is 1.15 bits per heavy atom. The molecule has 1 aromatic heterocycles. The largest absolute Gasteiger partial charge is 0.452 e. The minimum absolute atomic E-state index is 0.0280. The molecule has 0 radical (unpaired) electrons. The van der Waals surface area contributed by atoms with Gasteiger partial charge in [-0.25, -0.2) is 4.39 Å². The summed E-state index contributed by atoms with van der Waals surface area (Å²) in [5.74, 6) is -0.477. The molecule has 1 heterocycles. The number of hydrogen-bond acceptors (Lipinski definition) is 5. The molecule has 0 unspecified atom stereocenters. The predicted molar refractivity (Wildman–Crippen MR) is 94.4 cm³/mol. The Bertz CT molecular complexity index is 928. The number of halogens is 3. The number of esters is 1. The van der Waals surface area contributed by atoms with Gasteiger partial charge in [0.1, 0.15) is 5.82 Å². The van der Waals surface area contributed by atoms with Crippen LogP contribution >= 0.6 is 23.2 Å². The predicted octanol–water partition coefficient (Wildman–Crippen LogP) is 5.03. The van der Waals surface area contributed by atoms with E-state index in [0.717, 1.165) is 0 Å². The van der Waals surface area contributed by atoms with Gasteiger partial charge in [0.25, 0.3) is 5.89 Å². The highest BCUT2D eigenvalue weighted by Gasteiger charge is 2.19. The lowest BCUT2D eigenvalue weighted by Gasteiger charge is -2.09. The van der Waals surface area contributed by atoms with E-state index in [4.69, 9.17) is 32.4 Å². The second-order valence-corrected chi connectivity index (χ2v) is 6.32. The van der Waals surface area contributed by atoms with Gasteiger partial charge in [0.05, 0.1) is 16.5 Å². The lowest BCUT2D eigenvalue weighted by molar-refractivity contribution is -0.148. The maximum Gasteiger partial charge on any atom is 0.311 e. The van der Waals surface area contributed by atoms with Crippen LogP contribution in [0.25, 0.3) is 11.5 Å². The standard InChI is InChI=1S/C18H13Cl2FN2O3/c1-10(25-16(24)9-11-2-7-14(19)15(20)8-11)17-22-23-18(26-17)12-3-5-13(21)6-4-12/h2-8,10H,9H2,1H3/t10-/m0/s1. The first-order valence-corrected chi connectivity index (χ1v) is 8.40. The third-order valence-electron chi connectivity index (χ3n) is 3.52. The Morgan fingerprint density at radius 3 is 2.58 bits per heavy atom. The summed E-state index contributed by atoms with van der Waals surface area (Å²) >= 11 is 11.8. The van der Waals surface area contributed by atoms with Crippen molar-refractivity contribution in [3.8, 4) is 11.5 Å². The highest BCUT2D eigenvalue weighted by molar-refractivity contribution is 6.42. The highest BCUT2D eigenvalue weighted by Crippen LogP contribution is 2.25. The fourth-order valence-corrected chi connectivity index (χ4v) is 2.53. The quantitative estimate of drug-likeness (QED) is 0.567. The van der Waals surface area contributed by atoms with Crippen LogP contribution in [0.3, 0.4) is 0 Å². The molecule has 0 aliphatic rings.